The van der Waals surface area contributed by atoms with Gasteiger partial charge in [0.05, 0.1) is 24.8 Å². The molecule has 0 spiro atoms. The number of carbonyl (C=O) groups excluding carboxylic acids is 2. The Morgan fingerprint density at radius 1 is 1.29 bits per heavy atom. The molecule has 0 aliphatic carbocycles. The molecule has 2 saturated heterocycles. The minimum Gasteiger partial charge on any atom is -0.394 e. The van der Waals surface area contributed by atoms with E-state index in [4.69, 9.17) is 11.0 Å². The summed E-state index contributed by atoms with van der Waals surface area (Å²) in [6.07, 6.45) is 3.34. The van der Waals surface area contributed by atoms with Crippen molar-refractivity contribution < 1.29 is 14.7 Å². The summed E-state index contributed by atoms with van der Waals surface area (Å²) in [5.74, 6) is -0.324. The van der Waals surface area contributed by atoms with Gasteiger partial charge in [-0.1, -0.05) is 13.8 Å². The van der Waals surface area contributed by atoms with Gasteiger partial charge >= 0.3 is 0 Å². The van der Waals surface area contributed by atoms with Gasteiger partial charge < -0.3 is 20.6 Å². The standard InChI is InChI=1S/C17H28N4O3/c1-17(2,9-14(23)20-7-4-6-13(20)11-22)15(19)16(24)21-8-3-5-12(21)10-18/h12-13,15,22H,3-9,11,19H2,1-2H3. The van der Waals surface area contributed by atoms with Gasteiger partial charge in [0.1, 0.15) is 6.04 Å². The van der Waals surface area contributed by atoms with Gasteiger partial charge in [-0.15, -0.1) is 0 Å². The maximum absolute atomic E-state index is 12.7. The number of carbonyl (C=O) groups is 2. The molecule has 24 heavy (non-hydrogen) atoms. The predicted octanol–water partition coefficient (Wildman–Crippen LogP) is 0.228. The number of nitriles is 1. The lowest BCUT2D eigenvalue weighted by molar-refractivity contribution is -0.139. The molecule has 2 fully saturated rings. The van der Waals surface area contributed by atoms with Gasteiger partial charge in [0.2, 0.25) is 11.8 Å². The number of nitrogens with zero attached hydrogens (tertiary/aromatic N) is 3. The number of nitrogens with two attached hydrogens (primary N) is 1. The van der Waals surface area contributed by atoms with Gasteiger partial charge in [-0.25, -0.2) is 0 Å². The molecule has 0 aromatic heterocycles. The Labute approximate surface area is 143 Å². The molecule has 0 bridgehead atoms. The van der Waals surface area contributed by atoms with Gasteiger partial charge in [0.25, 0.3) is 0 Å². The Hall–Kier alpha value is -1.65. The minimum absolute atomic E-state index is 0.0330. The van der Waals surface area contributed by atoms with Gasteiger partial charge in [-0.3, -0.25) is 9.59 Å². The van der Waals surface area contributed by atoms with Crippen molar-refractivity contribution in [3.05, 3.63) is 0 Å². The van der Waals surface area contributed by atoms with Crippen molar-refractivity contribution in [2.45, 2.75) is 64.1 Å². The zero-order valence-corrected chi connectivity index (χ0v) is 14.6. The fourth-order valence-electron chi connectivity index (χ4n) is 3.63. The van der Waals surface area contributed by atoms with Crippen molar-refractivity contribution in [2.75, 3.05) is 19.7 Å². The summed E-state index contributed by atoms with van der Waals surface area (Å²) in [5, 5.41) is 18.5. The molecule has 3 unspecified atom stereocenters. The lowest BCUT2D eigenvalue weighted by Gasteiger charge is -2.35. The van der Waals surface area contributed by atoms with Crippen LogP contribution >= 0.6 is 0 Å². The van der Waals surface area contributed by atoms with E-state index in [9.17, 15) is 14.7 Å². The summed E-state index contributed by atoms with van der Waals surface area (Å²) < 4.78 is 0. The smallest absolute Gasteiger partial charge is 0.241 e. The van der Waals surface area contributed by atoms with Crippen LogP contribution < -0.4 is 5.73 Å². The van der Waals surface area contributed by atoms with Crippen LogP contribution in [0, 0.1) is 16.7 Å². The van der Waals surface area contributed by atoms with E-state index in [1.54, 1.807) is 9.80 Å². The number of amides is 2. The van der Waals surface area contributed by atoms with E-state index in [1.807, 2.05) is 13.8 Å². The molecule has 2 rings (SSSR count). The number of rotatable bonds is 5. The highest BCUT2D eigenvalue weighted by atomic mass is 16.3. The third-order valence-electron chi connectivity index (χ3n) is 5.31. The molecule has 0 saturated carbocycles. The summed E-state index contributed by atoms with van der Waals surface area (Å²) in [6.45, 7) is 4.79. The third-order valence-corrected chi connectivity index (χ3v) is 5.31. The maximum atomic E-state index is 12.7. The molecule has 3 N–H and O–H groups in total. The monoisotopic (exact) mass is 336 g/mol. The Bertz CT molecular complexity index is 528. The van der Waals surface area contributed by atoms with Crippen LogP contribution in [-0.2, 0) is 9.59 Å². The number of aliphatic hydroxyl groups is 1. The average molecular weight is 336 g/mol. The van der Waals surface area contributed by atoms with Gasteiger partial charge in [-0.2, -0.15) is 5.26 Å². The van der Waals surface area contributed by atoms with Crippen LogP contribution in [0.3, 0.4) is 0 Å². The first-order valence-corrected chi connectivity index (χ1v) is 8.68. The summed E-state index contributed by atoms with van der Waals surface area (Å²) in [6, 6.07) is 0.785. The number of likely N-dealkylation sites (tertiary alicyclic amines) is 2. The molecule has 2 heterocycles. The SMILES string of the molecule is CC(C)(CC(=O)N1CCCC1CO)C(N)C(=O)N1CCCC1C#N. The molecule has 3 atom stereocenters. The van der Waals surface area contributed by atoms with Gasteiger partial charge in [-0.05, 0) is 31.1 Å². The van der Waals surface area contributed by atoms with Crippen molar-refractivity contribution in [1.82, 2.24) is 9.80 Å². The Morgan fingerprint density at radius 2 is 1.92 bits per heavy atom. The van der Waals surface area contributed by atoms with E-state index in [0.717, 1.165) is 19.3 Å². The molecule has 7 nitrogen and oxygen atoms in total. The van der Waals surface area contributed by atoms with Crippen LogP contribution in [0.25, 0.3) is 0 Å². The second kappa shape index (κ2) is 7.49. The van der Waals surface area contributed by atoms with Crippen LogP contribution in [0.4, 0.5) is 0 Å². The highest BCUT2D eigenvalue weighted by Gasteiger charge is 2.41. The van der Waals surface area contributed by atoms with E-state index >= 15 is 0 Å². The highest BCUT2D eigenvalue weighted by Crippen LogP contribution is 2.30. The third kappa shape index (κ3) is 3.70. The molecule has 134 valence electrons. The second-order valence-corrected chi connectivity index (χ2v) is 7.53. The molecule has 2 aliphatic heterocycles. The largest absolute Gasteiger partial charge is 0.394 e. The summed E-state index contributed by atoms with van der Waals surface area (Å²) >= 11 is 0. The summed E-state index contributed by atoms with van der Waals surface area (Å²) in [4.78, 5) is 28.5. The first-order chi connectivity index (χ1) is 11.3. The minimum atomic E-state index is -0.828. The highest BCUT2D eigenvalue weighted by molar-refractivity contribution is 5.85. The van der Waals surface area contributed by atoms with E-state index in [-0.39, 0.29) is 30.9 Å². The van der Waals surface area contributed by atoms with Crippen LogP contribution in [0.1, 0.15) is 46.0 Å². The summed E-state index contributed by atoms with van der Waals surface area (Å²) in [7, 11) is 0. The van der Waals surface area contributed by atoms with E-state index in [2.05, 4.69) is 6.07 Å². The van der Waals surface area contributed by atoms with Crippen molar-refractivity contribution in [3.8, 4) is 6.07 Å². The lowest BCUT2D eigenvalue weighted by atomic mass is 9.80. The van der Waals surface area contributed by atoms with Crippen LogP contribution in [0.5, 0.6) is 0 Å². The lowest BCUT2D eigenvalue weighted by Crippen LogP contribution is -2.54. The van der Waals surface area contributed by atoms with E-state index in [1.165, 1.54) is 0 Å². The molecule has 0 aromatic carbocycles. The van der Waals surface area contributed by atoms with Crippen molar-refractivity contribution in [2.24, 2.45) is 11.1 Å². The summed E-state index contributed by atoms with van der Waals surface area (Å²) in [5.41, 5.74) is 5.48. The molecule has 0 radical (unpaired) electrons. The Balaban J connectivity index is 2.02. The zero-order valence-electron chi connectivity index (χ0n) is 14.6. The fourth-order valence-corrected chi connectivity index (χ4v) is 3.63. The van der Waals surface area contributed by atoms with Gasteiger partial charge in [0.15, 0.2) is 0 Å². The first kappa shape index (κ1) is 18.7. The molecular weight excluding hydrogens is 308 g/mol. The molecule has 2 amide bonds. The first-order valence-electron chi connectivity index (χ1n) is 8.68. The van der Waals surface area contributed by atoms with Crippen molar-refractivity contribution in [1.29, 1.82) is 5.26 Å². The Kier molecular flexibility index (Phi) is 5.83. The molecule has 2 aliphatic rings. The van der Waals surface area contributed by atoms with Crippen molar-refractivity contribution >= 4 is 11.8 Å². The Morgan fingerprint density at radius 3 is 2.54 bits per heavy atom. The maximum Gasteiger partial charge on any atom is 0.241 e. The van der Waals surface area contributed by atoms with Gasteiger partial charge in [0, 0.05) is 19.5 Å². The van der Waals surface area contributed by atoms with E-state index < -0.39 is 17.5 Å². The zero-order chi connectivity index (χ0) is 17.9. The quantitative estimate of drug-likeness (QED) is 0.746. The fraction of sp³-hybridized carbons (Fsp3) is 0.824. The van der Waals surface area contributed by atoms with E-state index in [0.29, 0.717) is 19.5 Å². The predicted molar refractivity (Wildman–Crippen MR) is 88.5 cm³/mol. The number of aliphatic hydroxyl groups excluding tert-OH is 1. The second-order valence-electron chi connectivity index (χ2n) is 7.53. The van der Waals surface area contributed by atoms with Crippen molar-refractivity contribution in [3.63, 3.8) is 0 Å². The number of hydrogen-bond donors (Lipinski definition) is 2. The average Bonchev–Trinajstić information content (AvgIpc) is 3.20. The molecular formula is C17H28N4O3. The number of hydrogen-bond acceptors (Lipinski definition) is 5. The molecule has 7 heteroatoms. The topological polar surface area (TPSA) is 111 Å². The van der Waals surface area contributed by atoms with Crippen LogP contribution in [0.15, 0.2) is 0 Å². The van der Waals surface area contributed by atoms with Crippen LogP contribution in [-0.4, -0.2) is 64.5 Å². The van der Waals surface area contributed by atoms with Crippen LogP contribution in [0.2, 0.25) is 0 Å². The normalized spacial score (nSPS) is 25.6. The molecule has 0 aromatic rings.